The monoisotopic (exact) mass is 217 g/mol. The van der Waals surface area contributed by atoms with Gasteiger partial charge in [-0.15, -0.1) is 0 Å². The number of carbonyl (C=O) groups excluding carboxylic acids is 1. The first kappa shape index (κ1) is 10.2. The first-order chi connectivity index (χ1) is 7.66. The summed E-state index contributed by atoms with van der Waals surface area (Å²) in [5.74, 6) is -0.267. The number of H-pyrrole nitrogens is 1. The maximum atomic E-state index is 11.7. The summed E-state index contributed by atoms with van der Waals surface area (Å²) in [6, 6.07) is 5.01. The number of hydrogen-bond donors (Lipinski definition) is 3. The number of nitrogens with one attached hydrogen (secondary N) is 2. The zero-order chi connectivity index (χ0) is 11.5. The van der Waals surface area contributed by atoms with Gasteiger partial charge in [-0.3, -0.25) is 9.89 Å². The van der Waals surface area contributed by atoms with Crippen molar-refractivity contribution in [3.63, 3.8) is 0 Å². The summed E-state index contributed by atoms with van der Waals surface area (Å²) in [5, 5.41) is 18.4. The molecule has 0 radical (unpaired) electrons. The van der Waals surface area contributed by atoms with Crippen LogP contribution in [-0.2, 0) is 0 Å². The number of aromatic amines is 1. The topological polar surface area (TPSA) is 78.0 Å². The van der Waals surface area contributed by atoms with Crippen LogP contribution in [0.1, 0.15) is 15.9 Å². The van der Waals surface area contributed by atoms with Crippen molar-refractivity contribution in [3.8, 4) is 5.75 Å². The fourth-order valence-corrected chi connectivity index (χ4v) is 1.32. The van der Waals surface area contributed by atoms with Gasteiger partial charge >= 0.3 is 0 Å². The molecular weight excluding hydrogens is 206 g/mol. The zero-order valence-corrected chi connectivity index (χ0v) is 8.69. The molecule has 0 saturated carbocycles. The fraction of sp³-hybridized carbons (Fsp3) is 0.0909. The maximum absolute atomic E-state index is 11.7. The Morgan fingerprint density at radius 2 is 2.31 bits per heavy atom. The molecule has 0 bridgehead atoms. The molecule has 0 atom stereocenters. The number of nitrogens with zero attached hydrogens (tertiary/aromatic N) is 1. The number of benzene rings is 1. The number of rotatable bonds is 2. The minimum atomic E-state index is -0.311. The Bertz CT molecular complexity index is 506. The van der Waals surface area contributed by atoms with Gasteiger partial charge in [0.25, 0.3) is 5.91 Å². The van der Waals surface area contributed by atoms with E-state index in [-0.39, 0.29) is 11.7 Å². The number of phenols is 1. The van der Waals surface area contributed by atoms with Crippen LogP contribution in [0.25, 0.3) is 0 Å². The highest BCUT2D eigenvalue weighted by Gasteiger charge is 2.09. The maximum Gasteiger partial charge on any atom is 0.258 e. The van der Waals surface area contributed by atoms with E-state index < -0.39 is 0 Å². The van der Waals surface area contributed by atoms with E-state index in [1.54, 1.807) is 18.2 Å². The van der Waals surface area contributed by atoms with Crippen LogP contribution in [0.2, 0.25) is 0 Å². The number of aromatic nitrogens is 2. The normalized spacial score (nSPS) is 10.1. The second kappa shape index (κ2) is 4.06. The summed E-state index contributed by atoms with van der Waals surface area (Å²) in [7, 11) is 0. The molecule has 1 heterocycles. The number of phenolic OH excluding ortho intramolecular Hbond substituents is 1. The number of hydrogen-bond acceptors (Lipinski definition) is 3. The molecule has 5 heteroatoms. The van der Waals surface area contributed by atoms with Gasteiger partial charge < -0.3 is 10.4 Å². The second-order valence-electron chi connectivity index (χ2n) is 3.46. The minimum Gasteiger partial charge on any atom is -0.506 e. The standard InChI is InChI=1S/C11H11N3O2/c1-7-2-3-10(15)9(4-7)14-11(16)8-5-12-13-6-8/h2-6,15H,1H3,(H,12,13)(H,14,16). The van der Waals surface area contributed by atoms with E-state index in [4.69, 9.17) is 0 Å². The number of aromatic hydroxyl groups is 1. The van der Waals surface area contributed by atoms with Crippen LogP contribution in [0.3, 0.4) is 0 Å². The van der Waals surface area contributed by atoms with Crippen LogP contribution < -0.4 is 5.32 Å². The third kappa shape index (κ3) is 2.03. The molecule has 0 saturated heterocycles. The molecule has 2 aromatic rings. The van der Waals surface area contributed by atoms with Gasteiger partial charge in [-0.2, -0.15) is 5.10 Å². The van der Waals surface area contributed by atoms with E-state index in [0.29, 0.717) is 11.3 Å². The minimum absolute atomic E-state index is 0.0439. The predicted molar refractivity (Wildman–Crippen MR) is 59.4 cm³/mol. The predicted octanol–water partition coefficient (Wildman–Crippen LogP) is 1.68. The zero-order valence-electron chi connectivity index (χ0n) is 8.69. The Hall–Kier alpha value is -2.30. The van der Waals surface area contributed by atoms with Crippen molar-refractivity contribution in [2.75, 3.05) is 5.32 Å². The Balaban J connectivity index is 2.21. The molecule has 2 rings (SSSR count). The van der Waals surface area contributed by atoms with Gasteiger partial charge in [0.05, 0.1) is 17.4 Å². The van der Waals surface area contributed by atoms with Crippen molar-refractivity contribution in [2.45, 2.75) is 6.92 Å². The molecule has 1 aromatic heterocycles. The van der Waals surface area contributed by atoms with Crippen molar-refractivity contribution < 1.29 is 9.90 Å². The smallest absolute Gasteiger partial charge is 0.258 e. The van der Waals surface area contributed by atoms with Crippen LogP contribution in [-0.4, -0.2) is 21.2 Å². The molecule has 16 heavy (non-hydrogen) atoms. The number of carbonyl (C=O) groups is 1. The second-order valence-corrected chi connectivity index (χ2v) is 3.46. The molecule has 0 aliphatic rings. The van der Waals surface area contributed by atoms with E-state index in [1.807, 2.05) is 6.92 Å². The molecule has 5 nitrogen and oxygen atoms in total. The van der Waals surface area contributed by atoms with Gasteiger partial charge in [0.15, 0.2) is 0 Å². The van der Waals surface area contributed by atoms with E-state index in [2.05, 4.69) is 15.5 Å². The van der Waals surface area contributed by atoms with Crippen LogP contribution in [0, 0.1) is 6.92 Å². The lowest BCUT2D eigenvalue weighted by molar-refractivity contribution is 0.102. The Labute approximate surface area is 92.1 Å². The van der Waals surface area contributed by atoms with Gasteiger partial charge in [0.1, 0.15) is 5.75 Å². The molecule has 82 valence electrons. The molecule has 0 aliphatic heterocycles. The lowest BCUT2D eigenvalue weighted by Crippen LogP contribution is -2.11. The molecule has 0 fully saturated rings. The molecule has 0 aliphatic carbocycles. The van der Waals surface area contributed by atoms with Gasteiger partial charge in [-0.25, -0.2) is 0 Å². The van der Waals surface area contributed by atoms with Crippen LogP contribution in [0.4, 0.5) is 5.69 Å². The molecule has 3 N–H and O–H groups in total. The molecule has 0 spiro atoms. The quantitative estimate of drug-likeness (QED) is 0.669. The van der Waals surface area contributed by atoms with Crippen LogP contribution >= 0.6 is 0 Å². The summed E-state index contributed by atoms with van der Waals surface area (Å²) >= 11 is 0. The molecule has 1 aromatic carbocycles. The van der Waals surface area contributed by atoms with Gasteiger partial charge in [0, 0.05) is 6.20 Å². The van der Waals surface area contributed by atoms with Crippen LogP contribution in [0.15, 0.2) is 30.6 Å². The third-order valence-electron chi connectivity index (χ3n) is 2.16. The summed E-state index contributed by atoms with van der Waals surface area (Å²) in [6.07, 6.45) is 2.91. The lowest BCUT2D eigenvalue weighted by Gasteiger charge is -2.06. The average Bonchev–Trinajstić information content (AvgIpc) is 2.76. The molecular formula is C11H11N3O2. The number of anilines is 1. The Kier molecular flexibility index (Phi) is 2.59. The Morgan fingerprint density at radius 3 is 3.00 bits per heavy atom. The highest BCUT2D eigenvalue weighted by atomic mass is 16.3. The van der Waals surface area contributed by atoms with E-state index in [1.165, 1.54) is 12.4 Å². The lowest BCUT2D eigenvalue weighted by atomic mass is 10.2. The first-order valence-electron chi connectivity index (χ1n) is 4.76. The highest BCUT2D eigenvalue weighted by Crippen LogP contribution is 2.24. The van der Waals surface area contributed by atoms with Crippen molar-refractivity contribution in [1.29, 1.82) is 0 Å². The van der Waals surface area contributed by atoms with E-state index in [9.17, 15) is 9.90 Å². The largest absolute Gasteiger partial charge is 0.506 e. The van der Waals surface area contributed by atoms with Gasteiger partial charge in [0.2, 0.25) is 0 Å². The molecule has 0 unspecified atom stereocenters. The average molecular weight is 217 g/mol. The summed E-state index contributed by atoms with van der Waals surface area (Å²) in [4.78, 5) is 11.7. The highest BCUT2D eigenvalue weighted by molar-refractivity contribution is 6.04. The summed E-state index contributed by atoms with van der Waals surface area (Å²) in [5.41, 5.74) is 1.77. The van der Waals surface area contributed by atoms with Crippen molar-refractivity contribution in [3.05, 3.63) is 41.7 Å². The summed E-state index contributed by atoms with van der Waals surface area (Å²) in [6.45, 7) is 1.88. The first-order valence-corrected chi connectivity index (χ1v) is 4.76. The summed E-state index contributed by atoms with van der Waals surface area (Å²) < 4.78 is 0. The number of amides is 1. The van der Waals surface area contributed by atoms with E-state index in [0.717, 1.165) is 5.56 Å². The van der Waals surface area contributed by atoms with Crippen molar-refractivity contribution >= 4 is 11.6 Å². The Morgan fingerprint density at radius 1 is 1.50 bits per heavy atom. The fourth-order valence-electron chi connectivity index (χ4n) is 1.32. The third-order valence-corrected chi connectivity index (χ3v) is 2.16. The SMILES string of the molecule is Cc1ccc(O)c(NC(=O)c2cn[nH]c2)c1. The van der Waals surface area contributed by atoms with Gasteiger partial charge in [-0.1, -0.05) is 6.07 Å². The van der Waals surface area contributed by atoms with Crippen molar-refractivity contribution in [2.24, 2.45) is 0 Å². The van der Waals surface area contributed by atoms with Crippen LogP contribution in [0.5, 0.6) is 5.75 Å². The molecule has 1 amide bonds. The van der Waals surface area contributed by atoms with Crippen molar-refractivity contribution in [1.82, 2.24) is 10.2 Å². The van der Waals surface area contributed by atoms with Gasteiger partial charge in [-0.05, 0) is 24.6 Å². The number of aryl methyl sites for hydroxylation is 1. The van der Waals surface area contributed by atoms with E-state index >= 15 is 0 Å².